The molecule has 110 valence electrons. The van der Waals surface area contributed by atoms with E-state index in [1.54, 1.807) is 0 Å². The lowest BCUT2D eigenvalue weighted by Crippen LogP contribution is -2.17. The SMILES string of the molecule is CCC(CNc1cc(Cl)c(F)cc1[N+](=O)[O-])CC(=O)O. The van der Waals surface area contributed by atoms with Crippen LogP contribution in [0.5, 0.6) is 0 Å². The summed E-state index contributed by atoms with van der Waals surface area (Å²) in [7, 11) is 0. The average Bonchev–Trinajstić information content (AvgIpc) is 2.37. The number of halogens is 2. The molecule has 1 aromatic rings. The summed E-state index contributed by atoms with van der Waals surface area (Å²) < 4.78 is 13.2. The molecule has 0 bridgehead atoms. The highest BCUT2D eigenvalue weighted by Gasteiger charge is 2.19. The molecule has 1 rings (SSSR count). The van der Waals surface area contributed by atoms with Crippen molar-refractivity contribution in [3.05, 3.63) is 33.1 Å². The Hall–Kier alpha value is -1.89. The zero-order chi connectivity index (χ0) is 15.3. The Morgan fingerprint density at radius 1 is 1.60 bits per heavy atom. The van der Waals surface area contributed by atoms with Gasteiger partial charge in [0.25, 0.3) is 5.69 Å². The molecule has 0 heterocycles. The van der Waals surface area contributed by atoms with Crippen molar-refractivity contribution in [1.82, 2.24) is 0 Å². The average molecular weight is 305 g/mol. The Morgan fingerprint density at radius 3 is 2.75 bits per heavy atom. The van der Waals surface area contributed by atoms with Crippen molar-refractivity contribution in [3.8, 4) is 0 Å². The van der Waals surface area contributed by atoms with Crippen LogP contribution in [0.2, 0.25) is 5.02 Å². The third kappa shape index (κ3) is 4.34. The molecule has 0 amide bonds. The summed E-state index contributed by atoms with van der Waals surface area (Å²) in [5.74, 6) is -2.00. The van der Waals surface area contributed by atoms with Gasteiger partial charge in [-0.15, -0.1) is 0 Å². The van der Waals surface area contributed by atoms with E-state index in [4.69, 9.17) is 16.7 Å². The molecule has 2 N–H and O–H groups in total. The van der Waals surface area contributed by atoms with E-state index in [0.29, 0.717) is 6.42 Å². The van der Waals surface area contributed by atoms with Crippen molar-refractivity contribution in [2.24, 2.45) is 5.92 Å². The van der Waals surface area contributed by atoms with Crippen molar-refractivity contribution in [2.45, 2.75) is 19.8 Å². The first-order valence-electron chi connectivity index (χ1n) is 5.94. The first-order chi connectivity index (χ1) is 9.35. The number of benzene rings is 1. The van der Waals surface area contributed by atoms with Crippen LogP contribution in [0.25, 0.3) is 0 Å². The van der Waals surface area contributed by atoms with Gasteiger partial charge in [-0.05, 0) is 12.0 Å². The van der Waals surface area contributed by atoms with Crippen LogP contribution >= 0.6 is 11.6 Å². The summed E-state index contributed by atoms with van der Waals surface area (Å²) in [4.78, 5) is 20.8. The minimum Gasteiger partial charge on any atom is -0.481 e. The number of carbonyl (C=O) groups is 1. The molecule has 0 aliphatic rings. The summed E-state index contributed by atoms with van der Waals surface area (Å²) >= 11 is 5.59. The second kappa shape index (κ2) is 7.04. The van der Waals surface area contributed by atoms with Crippen LogP contribution in [-0.4, -0.2) is 22.5 Å². The largest absolute Gasteiger partial charge is 0.481 e. The fraction of sp³-hybridized carbons (Fsp3) is 0.417. The molecule has 0 spiro atoms. The number of nitro benzene ring substituents is 1. The van der Waals surface area contributed by atoms with Crippen LogP contribution in [0.1, 0.15) is 19.8 Å². The van der Waals surface area contributed by atoms with Crippen LogP contribution < -0.4 is 5.32 Å². The lowest BCUT2D eigenvalue weighted by atomic mass is 10.0. The van der Waals surface area contributed by atoms with Crippen LogP contribution in [0.15, 0.2) is 12.1 Å². The molecule has 20 heavy (non-hydrogen) atoms. The highest BCUT2D eigenvalue weighted by atomic mass is 35.5. The summed E-state index contributed by atoms with van der Waals surface area (Å²) in [6, 6.07) is 1.87. The number of hydrogen-bond acceptors (Lipinski definition) is 4. The zero-order valence-electron chi connectivity index (χ0n) is 10.7. The van der Waals surface area contributed by atoms with Crippen LogP contribution in [0.4, 0.5) is 15.8 Å². The molecular weight excluding hydrogens is 291 g/mol. The molecule has 0 radical (unpaired) electrons. The Labute approximate surface area is 119 Å². The Bertz CT molecular complexity index is 524. The molecule has 0 aliphatic heterocycles. The Balaban J connectivity index is 2.88. The van der Waals surface area contributed by atoms with Crippen LogP contribution in [-0.2, 0) is 4.79 Å². The quantitative estimate of drug-likeness (QED) is 0.595. The smallest absolute Gasteiger partial charge is 0.303 e. The predicted octanol–water partition coefficient (Wildman–Crippen LogP) is 3.30. The van der Waals surface area contributed by atoms with Gasteiger partial charge < -0.3 is 10.4 Å². The number of nitrogens with zero attached hydrogens (tertiary/aromatic N) is 1. The van der Waals surface area contributed by atoms with Gasteiger partial charge in [0.2, 0.25) is 0 Å². The lowest BCUT2D eigenvalue weighted by molar-refractivity contribution is -0.384. The fourth-order valence-corrected chi connectivity index (χ4v) is 1.85. The van der Waals surface area contributed by atoms with Gasteiger partial charge in [-0.25, -0.2) is 4.39 Å². The number of rotatable bonds is 7. The molecule has 0 fully saturated rings. The zero-order valence-corrected chi connectivity index (χ0v) is 11.5. The normalized spacial score (nSPS) is 11.9. The molecule has 0 saturated carbocycles. The number of nitrogens with one attached hydrogen (secondary N) is 1. The van der Waals surface area contributed by atoms with E-state index in [2.05, 4.69) is 5.32 Å². The van der Waals surface area contributed by atoms with E-state index in [9.17, 15) is 19.3 Å². The molecule has 1 unspecified atom stereocenters. The van der Waals surface area contributed by atoms with E-state index in [1.165, 1.54) is 0 Å². The monoisotopic (exact) mass is 304 g/mol. The molecule has 1 atom stereocenters. The number of carboxylic acids is 1. The Kier molecular flexibility index (Phi) is 5.69. The van der Waals surface area contributed by atoms with Crippen molar-refractivity contribution < 1.29 is 19.2 Å². The molecule has 0 saturated heterocycles. The highest BCUT2D eigenvalue weighted by Crippen LogP contribution is 2.30. The second-order valence-corrected chi connectivity index (χ2v) is 4.70. The predicted molar refractivity (Wildman–Crippen MR) is 72.6 cm³/mol. The van der Waals surface area contributed by atoms with Crippen molar-refractivity contribution in [1.29, 1.82) is 0 Å². The van der Waals surface area contributed by atoms with Gasteiger partial charge in [0.15, 0.2) is 0 Å². The van der Waals surface area contributed by atoms with Crippen LogP contribution in [0.3, 0.4) is 0 Å². The van der Waals surface area contributed by atoms with Gasteiger partial charge in [-0.1, -0.05) is 24.9 Å². The van der Waals surface area contributed by atoms with Gasteiger partial charge >= 0.3 is 5.97 Å². The summed E-state index contributed by atoms with van der Waals surface area (Å²) in [5.41, 5.74) is -0.359. The van der Waals surface area contributed by atoms with E-state index >= 15 is 0 Å². The van der Waals surface area contributed by atoms with Gasteiger partial charge in [0.05, 0.1) is 16.0 Å². The minimum absolute atomic E-state index is 0.0494. The van der Waals surface area contributed by atoms with Crippen molar-refractivity contribution in [3.63, 3.8) is 0 Å². The van der Waals surface area contributed by atoms with E-state index in [1.807, 2.05) is 6.92 Å². The third-order valence-corrected chi connectivity index (χ3v) is 3.15. The number of nitro groups is 1. The van der Waals surface area contributed by atoms with Crippen molar-refractivity contribution in [2.75, 3.05) is 11.9 Å². The van der Waals surface area contributed by atoms with Crippen molar-refractivity contribution >= 4 is 28.9 Å². The first-order valence-corrected chi connectivity index (χ1v) is 6.32. The number of anilines is 1. The highest BCUT2D eigenvalue weighted by molar-refractivity contribution is 6.31. The maximum absolute atomic E-state index is 13.2. The van der Waals surface area contributed by atoms with Gasteiger partial charge in [-0.2, -0.15) is 0 Å². The maximum atomic E-state index is 13.2. The molecule has 0 aromatic heterocycles. The molecule has 0 aliphatic carbocycles. The fourth-order valence-electron chi connectivity index (χ4n) is 1.69. The van der Waals surface area contributed by atoms with Crippen LogP contribution in [0, 0.1) is 21.8 Å². The van der Waals surface area contributed by atoms with Gasteiger partial charge in [-0.3, -0.25) is 14.9 Å². The topological polar surface area (TPSA) is 92.5 Å². The minimum atomic E-state index is -0.940. The first kappa shape index (κ1) is 16.2. The molecule has 8 heteroatoms. The number of hydrogen-bond donors (Lipinski definition) is 2. The van der Waals surface area contributed by atoms with Gasteiger partial charge in [0.1, 0.15) is 11.5 Å². The maximum Gasteiger partial charge on any atom is 0.303 e. The lowest BCUT2D eigenvalue weighted by Gasteiger charge is -2.14. The Morgan fingerprint density at radius 2 is 2.25 bits per heavy atom. The molecule has 1 aromatic carbocycles. The van der Waals surface area contributed by atoms with E-state index in [-0.39, 0.29) is 29.6 Å². The number of aliphatic carboxylic acids is 1. The number of carboxylic acid groups (broad SMARTS) is 1. The third-order valence-electron chi connectivity index (χ3n) is 2.86. The summed E-state index contributed by atoms with van der Waals surface area (Å²) in [6.45, 7) is 2.05. The van der Waals surface area contributed by atoms with E-state index in [0.717, 1.165) is 12.1 Å². The standard InChI is InChI=1S/C12H14ClFN2O4/c1-2-7(3-12(17)18)6-15-10-4-8(13)9(14)5-11(10)16(19)20/h4-5,7,15H,2-3,6H2,1H3,(H,17,18). The second-order valence-electron chi connectivity index (χ2n) is 4.29. The van der Waals surface area contributed by atoms with E-state index < -0.39 is 22.4 Å². The molecule has 6 nitrogen and oxygen atoms in total. The van der Waals surface area contributed by atoms with Gasteiger partial charge in [0, 0.05) is 13.0 Å². The summed E-state index contributed by atoms with van der Waals surface area (Å²) in [6.07, 6.45) is 0.550. The summed E-state index contributed by atoms with van der Waals surface area (Å²) in [5, 5.41) is 22.1. The molecular formula is C12H14ClFN2O4.